The maximum absolute atomic E-state index is 12.1. The number of rotatable bonds is 10. The number of nitrogens with one attached hydrogen (secondary N) is 2. The highest BCUT2D eigenvalue weighted by Crippen LogP contribution is 2.11. The van der Waals surface area contributed by atoms with Crippen LogP contribution in [0.1, 0.15) is 38.2 Å². The number of sulfonamides is 1. The van der Waals surface area contributed by atoms with Crippen LogP contribution in [0.5, 0.6) is 0 Å². The Morgan fingerprint density at radius 3 is 2.30 bits per heavy atom. The first-order valence-corrected chi connectivity index (χ1v) is 8.81. The molecule has 0 spiro atoms. The van der Waals surface area contributed by atoms with Gasteiger partial charge in [-0.15, -0.1) is 0 Å². The number of likely N-dealkylation sites (N-methyl/N-ethyl adjacent to an activating group) is 1. The lowest BCUT2D eigenvalue weighted by Gasteiger charge is -2.07. The number of hydrogen-bond acceptors (Lipinski definition) is 3. The summed E-state index contributed by atoms with van der Waals surface area (Å²) in [7, 11) is -1.45. The highest BCUT2D eigenvalue weighted by molar-refractivity contribution is 7.89. The van der Waals surface area contributed by atoms with Gasteiger partial charge in [0.15, 0.2) is 0 Å². The average molecular weight is 298 g/mol. The molecule has 4 nitrogen and oxygen atoms in total. The number of hydrogen-bond donors (Lipinski definition) is 2. The summed E-state index contributed by atoms with van der Waals surface area (Å²) >= 11 is 0. The van der Waals surface area contributed by atoms with E-state index in [-0.39, 0.29) is 0 Å². The zero-order valence-corrected chi connectivity index (χ0v) is 13.3. The van der Waals surface area contributed by atoms with Crippen molar-refractivity contribution in [2.45, 2.75) is 43.9 Å². The van der Waals surface area contributed by atoms with Crippen LogP contribution in [0.3, 0.4) is 0 Å². The first-order chi connectivity index (χ1) is 9.60. The zero-order valence-electron chi connectivity index (χ0n) is 12.5. The second kappa shape index (κ2) is 9.10. The topological polar surface area (TPSA) is 58.2 Å². The van der Waals surface area contributed by atoms with Gasteiger partial charge in [-0.1, -0.05) is 38.3 Å². The fourth-order valence-corrected chi connectivity index (χ4v) is 3.02. The molecule has 0 radical (unpaired) electrons. The Bertz CT molecular complexity index is 469. The minimum Gasteiger partial charge on any atom is -0.319 e. The molecule has 0 saturated heterocycles. The van der Waals surface area contributed by atoms with Crippen LogP contribution >= 0.6 is 0 Å². The molecule has 0 aliphatic carbocycles. The Balaban J connectivity index is 2.50. The molecule has 2 N–H and O–H groups in total. The number of unbranched alkanes of at least 4 members (excludes halogenated alkanes) is 3. The Hall–Kier alpha value is -0.910. The molecule has 0 saturated carbocycles. The van der Waals surface area contributed by atoms with E-state index in [4.69, 9.17) is 0 Å². The Labute approximate surface area is 123 Å². The van der Waals surface area contributed by atoms with Crippen molar-refractivity contribution < 1.29 is 8.42 Å². The van der Waals surface area contributed by atoms with Crippen LogP contribution in [0.4, 0.5) is 0 Å². The van der Waals surface area contributed by atoms with Crippen LogP contribution in [0.25, 0.3) is 0 Å². The van der Waals surface area contributed by atoms with E-state index >= 15 is 0 Å². The summed E-state index contributed by atoms with van der Waals surface area (Å²) in [5.74, 6) is 0. The van der Waals surface area contributed by atoms with E-state index in [1.807, 2.05) is 19.2 Å². The van der Waals surface area contributed by atoms with Crippen molar-refractivity contribution >= 4 is 10.0 Å². The van der Waals surface area contributed by atoms with Crippen LogP contribution in [0, 0.1) is 0 Å². The van der Waals surface area contributed by atoms with Crippen LogP contribution in [-0.4, -0.2) is 28.6 Å². The Kier molecular flexibility index (Phi) is 7.80. The van der Waals surface area contributed by atoms with E-state index in [1.54, 1.807) is 12.1 Å². The highest BCUT2D eigenvalue weighted by Gasteiger charge is 2.12. The summed E-state index contributed by atoms with van der Waals surface area (Å²) in [5.41, 5.74) is 1.14. The van der Waals surface area contributed by atoms with Gasteiger partial charge in [-0.05, 0) is 44.1 Å². The Morgan fingerprint density at radius 2 is 1.70 bits per heavy atom. The maximum atomic E-state index is 12.1. The molecule has 0 heterocycles. The summed E-state index contributed by atoms with van der Waals surface area (Å²) in [6.45, 7) is 3.55. The molecular formula is C15H26N2O2S. The molecule has 1 aromatic carbocycles. The van der Waals surface area contributed by atoms with Crippen molar-refractivity contribution in [3.8, 4) is 0 Å². The summed E-state index contributed by atoms with van der Waals surface area (Å²) in [6, 6.07) is 7.12. The van der Waals surface area contributed by atoms with Crippen LogP contribution < -0.4 is 10.0 Å². The minimum absolute atomic E-state index is 0.348. The monoisotopic (exact) mass is 298 g/mol. The van der Waals surface area contributed by atoms with Gasteiger partial charge in [0, 0.05) is 6.54 Å². The first kappa shape index (κ1) is 17.1. The largest absolute Gasteiger partial charge is 0.319 e. The van der Waals surface area contributed by atoms with Crippen molar-refractivity contribution in [3.63, 3.8) is 0 Å². The molecule has 0 aliphatic heterocycles. The smallest absolute Gasteiger partial charge is 0.240 e. The molecule has 5 heteroatoms. The molecule has 0 amide bonds. The normalized spacial score (nSPS) is 11.7. The predicted molar refractivity (Wildman–Crippen MR) is 83.4 cm³/mol. The van der Waals surface area contributed by atoms with Gasteiger partial charge < -0.3 is 5.32 Å². The molecule has 0 bridgehead atoms. The van der Waals surface area contributed by atoms with Gasteiger partial charge in [0.25, 0.3) is 0 Å². The predicted octanol–water partition coefficient (Wildman–Crippen LogP) is 2.31. The van der Waals surface area contributed by atoms with Gasteiger partial charge in [-0.2, -0.15) is 0 Å². The van der Waals surface area contributed by atoms with Crippen LogP contribution in [0.15, 0.2) is 29.2 Å². The third kappa shape index (κ3) is 6.03. The van der Waals surface area contributed by atoms with Gasteiger partial charge in [0.2, 0.25) is 10.0 Å². The van der Waals surface area contributed by atoms with Gasteiger partial charge in [-0.3, -0.25) is 0 Å². The van der Waals surface area contributed by atoms with Gasteiger partial charge in [-0.25, -0.2) is 13.1 Å². The van der Waals surface area contributed by atoms with E-state index in [9.17, 15) is 8.42 Å². The molecule has 1 aromatic rings. The average Bonchev–Trinajstić information content (AvgIpc) is 2.45. The van der Waals surface area contributed by atoms with Crippen molar-refractivity contribution in [2.75, 3.05) is 20.1 Å². The van der Waals surface area contributed by atoms with Crippen LogP contribution in [0.2, 0.25) is 0 Å². The molecule has 114 valence electrons. The molecule has 1 rings (SSSR count). The van der Waals surface area contributed by atoms with Gasteiger partial charge in [0.05, 0.1) is 4.90 Å². The zero-order chi connectivity index (χ0) is 14.8. The molecule has 0 atom stereocenters. The molecule has 0 aliphatic rings. The standard InChI is InChI=1S/C15H26N2O2S/c1-3-4-5-6-12-17-20(18,19)15-9-7-14(8-10-15)11-13-16-2/h7-10,16-17H,3-6,11-13H2,1-2H3. The second-order valence-electron chi connectivity index (χ2n) is 4.96. The highest BCUT2D eigenvalue weighted by atomic mass is 32.2. The van der Waals surface area contributed by atoms with E-state index in [0.29, 0.717) is 11.4 Å². The lowest BCUT2D eigenvalue weighted by Crippen LogP contribution is -2.24. The molecule has 0 aromatic heterocycles. The molecule has 0 fully saturated rings. The van der Waals surface area contributed by atoms with Crippen molar-refractivity contribution in [2.24, 2.45) is 0 Å². The number of benzene rings is 1. The fourth-order valence-electron chi connectivity index (χ4n) is 1.95. The summed E-state index contributed by atoms with van der Waals surface area (Å²) in [6.07, 6.45) is 5.18. The van der Waals surface area contributed by atoms with Crippen molar-refractivity contribution in [1.82, 2.24) is 10.0 Å². The van der Waals surface area contributed by atoms with Crippen molar-refractivity contribution in [1.29, 1.82) is 0 Å². The lowest BCUT2D eigenvalue weighted by molar-refractivity contribution is 0.573. The van der Waals surface area contributed by atoms with E-state index in [2.05, 4.69) is 17.0 Å². The molecule has 0 unspecified atom stereocenters. The quantitative estimate of drug-likeness (QED) is 0.652. The van der Waals surface area contributed by atoms with Gasteiger partial charge >= 0.3 is 0 Å². The third-order valence-electron chi connectivity index (χ3n) is 3.22. The molecule has 20 heavy (non-hydrogen) atoms. The summed E-state index contributed by atoms with van der Waals surface area (Å²) in [5, 5.41) is 3.08. The lowest BCUT2D eigenvalue weighted by atomic mass is 10.1. The fraction of sp³-hybridized carbons (Fsp3) is 0.600. The minimum atomic E-state index is -3.35. The van der Waals surface area contributed by atoms with Gasteiger partial charge in [0.1, 0.15) is 0 Å². The van der Waals surface area contributed by atoms with Crippen molar-refractivity contribution in [3.05, 3.63) is 29.8 Å². The van der Waals surface area contributed by atoms with E-state index < -0.39 is 10.0 Å². The molecular weight excluding hydrogens is 272 g/mol. The summed E-state index contributed by atoms with van der Waals surface area (Å²) in [4.78, 5) is 0.348. The van der Waals surface area contributed by atoms with E-state index in [0.717, 1.165) is 44.2 Å². The van der Waals surface area contributed by atoms with E-state index in [1.165, 1.54) is 0 Å². The first-order valence-electron chi connectivity index (χ1n) is 7.33. The SMILES string of the molecule is CCCCCCNS(=O)(=O)c1ccc(CCNC)cc1. The third-order valence-corrected chi connectivity index (χ3v) is 4.70. The maximum Gasteiger partial charge on any atom is 0.240 e. The van der Waals surface area contributed by atoms with Crippen LogP contribution in [-0.2, 0) is 16.4 Å². The second-order valence-corrected chi connectivity index (χ2v) is 6.72. The summed E-state index contributed by atoms with van der Waals surface area (Å²) < 4.78 is 26.8. The Morgan fingerprint density at radius 1 is 1.00 bits per heavy atom.